The summed E-state index contributed by atoms with van der Waals surface area (Å²) >= 11 is 0. The highest BCUT2D eigenvalue weighted by atomic mass is 19.1. The predicted molar refractivity (Wildman–Crippen MR) is 57.4 cm³/mol. The van der Waals surface area contributed by atoms with Crippen LogP contribution in [0.15, 0.2) is 36.1 Å². The molecule has 0 aliphatic heterocycles. The summed E-state index contributed by atoms with van der Waals surface area (Å²) in [7, 11) is 0. The normalized spacial score (nSPS) is 11.1. The molecule has 16 heavy (non-hydrogen) atoms. The van der Waals surface area contributed by atoms with E-state index in [1.54, 1.807) is 26.0 Å². The van der Waals surface area contributed by atoms with Crippen molar-refractivity contribution in [3.8, 4) is 5.75 Å². The molecule has 0 radical (unpaired) electrons. The number of rotatable bonds is 4. The van der Waals surface area contributed by atoms with Crippen LogP contribution >= 0.6 is 0 Å². The lowest BCUT2D eigenvalue weighted by Crippen LogP contribution is -2.03. The molecule has 0 bridgehead atoms. The van der Waals surface area contributed by atoms with Crippen molar-refractivity contribution in [3.63, 3.8) is 0 Å². The Balaban J connectivity index is 2.67. The molecule has 0 aliphatic carbocycles. The summed E-state index contributed by atoms with van der Waals surface area (Å²) in [5, 5.41) is 0. The maximum Gasteiger partial charge on any atom is 0.334 e. The van der Waals surface area contributed by atoms with Crippen LogP contribution < -0.4 is 4.74 Å². The van der Waals surface area contributed by atoms with E-state index in [9.17, 15) is 9.18 Å². The van der Waals surface area contributed by atoms with Crippen molar-refractivity contribution < 1.29 is 18.7 Å². The van der Waals surface area contributed by atoms with Gasteiger partial charge in [-0.15, -0.1) is 0 Å². The minimum atomic E-state index is -0.503. The number of para-hydroxylation sites is 1. The zero-order valence-corrected chi connectivity index (χ0v) is 9.20. The van der Waals surface area contributed by atoms with Gasteiger partial charge in [-0.1, -0.05) is 12.1 Å². The number of ether oxygens (including phenoxy) is 2. The third-order valence-electron chi connectivity index (χ3n) is 1.72. The van der Waals surface area contributed by atoms with Crippen LogP contribution in [-0.4, -0.2) is 12.6 Å². The summed E-state index contributed by atoms with van der Waals surface area (Å²) in [5.41, 5.74) is 0. The fraction of sp³-hybridized carbons (Fsp3) is 0.250. The van der Waals surface area contributed by atoms with Crippen molar-refractivity contribution in [3.05, 3.63) is 41.9 Å². The molecule has 1 rings (SSSR count). The topological polar surface area (TPSA) is 35.5 Å². The Labute approximate surface area is 93.5 Å². The van der Waals surface area contributed by atoms with Crippen LogP contribution in [0.25, 0.3) is 0 Å². The molecule has 0 heterocycles. The lowest BCUT2D eigenvalue weighted by atomic mass is 10.3. The lowest BCUT2D eigenvalue weighted by Gasteiger charge is -2.06. The molecular formula is C12H13FO3. The number of carbonyl (C=O) groups is 1. The van der Waals surface area contributed by atoms with E-state index < -0.39 is 11.8 Å². The second-order valence-corrected chi connectivity index (χ2v) is 3.04. The number of benzene rings is 1. The maximum absolute atomic E-state index is 13.2. The van der Waals surface area contributed by atoms with Crippen molar-refractivity contribution in [2.24, 2.45) is 0 Å². The van der Waals surface area contributed by atoms with Gasteiger partial charge in [0, 0.05) is 0 Å². The van der Waals surface area contributed by atoms with Gasteiger partial charge >= 0.3 is 5.97 Å². The highest BCUT2D eigenvalue weighted by Gasteiger charge is 2.04. The molecule has 0 saturated carbocycles. The number of hydrogen-bond donors (Lipinski definition) is 0. The van der Waals surface area contributed by atoms with Crippen LogP contribution in [0.3, 0.4) is 0 Å². The van der Waals surface area contributed by atoms with Crippen LogP contribution in [0.4, 0.5) is 4.39 Å². The first-order chi connectivity index (χ1) is 7.63. The molecule has 0 aromatic heterocycles. The minimum absolute atomic E-state index is 0.0838. The third-order valence-corrected chi connectivity index (χ3v) is 1.72. The van der Waals surface area contributed by atoms with Crippen molar-refractivity contribution in [1.82, 2.24) is 0 Å². The fourth-order valence-corrected chi connectivity index (χ4v) is 1.08. The number of halogens is 1. The van der Waals surface area contributed by atoms with E-state index in [4.69, 9.17) is 9.47 Å². The second-order valence-electron chi connectivity index (χ2n) is 3.04. The summed E-state index contributed by atoms with van der Waals surface area (Å²) in [5.74, 6) is -0.612. The van der Waals surface area contributed by atoms with Crippen molar-refractivity contribution >= 4 is 5.97 Å². The first-order valence-electron chi connectivity index (χ1n) is 4.91. The smallest absolute Gasteiger partial charge is 0.334 e. The van der Waals surface area contributed by atoms with Gasteiger partial charge < -0.3 is 9.47 Å². The van der Waals surface area contributed by atoms with E-state index >= 15 is 0 Å². The Bertz CT molecular complexity index is 399. The number of carbonyl (C=O) groups excluding carboxylic acids is 1. The first kappa shape index (κ1) is 12.2. The van der Waals surface area contributed by atoms with Crippen LogP contribution in [0, 0.1) is 5.82 Å². The van der Waals surface area contributed by atoms with Gasteiger partial charge in [0.15, 0.2) is 11.6 Å². The molecule has 1 aromatic rings. The minimum Gasteiger partial charge on any atom is -0.463 e. The molecule has 0 atom stereocenters. The van der Waals surface area contributed by atoms with Crippen LogP contribution in [0.2, 0.25) is 0 Å². The van der Waals surface area contributed by atoms with Gasteiger partial charge in [0.2, 0.25) is 0 Å². The quantitative estimate of drug-likeness (QED) is 0.448. The molecule has 0 aliphatic rings. The van der Waals surface area contributed by atoms with E-state index in [2.05, 4.69) is 0 Å². The van der Waals surface area contributed by atoms with Crippen molar-refractivity contribution in [2.75, 3.05) is 6.61 Å². The highest BCUT2D eigenvalue weighted by molar-refractivity contribution is 5.82. The summed E-state index contributed by atoms with van der Waals surface area (Å²) in [6, 6.07) is 5.98. The third kappa shape index (κ3) is 3.73. The van der Waals surface area contributed by atoms with Crippen molar-refractivity contribution in [1.29, 1.82) is 0 Å². The van der Waals surface area contributed by atoms with Gasteiger partial charge in [-0.05, 0) is 26.0 Å². The summed E-state index contributed by atoms with van der Waals surface area (Å²) in [4.78, 5) is 11.1. The van der Waals surface area contributed by atoms with Crippen LogP contribution in [-0.2, 0) is 9.53 Å². The number of allylic oxidation sites excluding steroid dienone is 1. The Morgan fingerprint density at radius 3 is 2.75 bits per heavy atom. The molecule has 4 heteroatoms. The standard InChI is InChI=1S/C12H13FO3/c1-3-15-12(14)8-9(2)16-11-7-5-4-6-10(11)13/h4-8H,3H2,1-2H3. The average Bonchev–Trinajstić information content (AvgIpc) is 2.21. The SMILES string of the molecule is CCOC(=O)C=C(C)Oc1ccccc1F. The Morgan fingerprint density at radius 1 is 1.44 bits per heavy atom. The van der Waals surface area contributed by atoms with Crippen LogP contribution in [0.1, 0.15) is 13.8 Å². The average molecular weight is 224 g/mol. The molecule has 0 spiro atoms. The van der Waals surface area contributed by atoms with Gasteiger partial charge in [0.25, 0.3) is 0 Å². The predicted octanol–water partition coefficient (Wildman–Crippen LogP) is 2.67. The zero-order valence-electron chi connectivity index (χ0n) is 9.20. The summed E-state index contributed by atoms with van der Waals surface area (Å²) in [6.45, 7) is 3.56. The van der Waals surface area contributed by atoms with Gasteiger partial charge in [-0.25, -0.2) is 9.18 Å². The van der Waals surface area contributed by atoms with E-state index in [0.717, 1.165) is 0 Å². The Morgan fingerprint density at radius 2 is 2.12 bits per heavy atom. The molecular weight excluding hydrogens is 211 g/mol. The fourth-order valence-electron chi connectivity index (χ4n) is 1.08. The molecule has 0 unspecified atom stereocenters. The van der Waals surface area contributed by atoms with E-state index in [-0.39, 0.29) is 11.5 Å². The van der Waals surface area contributed by atoms with Gasteiger partial charge in [-0.2, -0.15) is 0 Å². The zero-order chi connectivity index (χ0) is 12.0. The molecule has 0 fully saturated rings. The largest absolute Gasteiger partial charge is 0.463 e. The van der Waals surface area contributed by atoms with Crippen LogP contribution in [0.5, 0.6) is 5.75 Å². The van der Waals surface area contributed by atoms with Crippen molar-refractivity contribution in [2.45, 2.75) is 13.8 Å². The molecule has 0 N–H and O–H groups in total. The molecule has 3 nitrogen and oxygen atoms in total. The highest BCUT2D eigenvalue weighted by Crippen LogP contribution is 2.17. The molecule has 0 saturated heterocycles. The van der Waals surface area contributed by atoms with E-state index in [1.165, 1.54) is 18.2 Å². The van der Waals surface area contributed by atoms with Gasteiger partial charge in [0.05, 0.1) is 12.7 Å². The number of hydrogen-bond acceptors (Lipinski definition) is 3. The van der Waals surface area contributed by atoms with E-state index in [0.29, 0.717) is 6.61 Å². The Hall–Kier alpha value is -1.84. The summed E-state index contributed by atoms with van der Waals surface area (Å²) in [6.07, 6.45) is 1.18. The second kappa shape index (κ2) is 5.90. The first-order valence-corrected chi connectivity index (χ1v) is 4.91. The molecule has 0 amide bonds. The Kier molecular flexibility index (Phi) is 4.51. The summed E-state index contributed by atoms with van der Waals surface area (Å²) < 4.78 is 23.0. The lowest BCUT2D eigenvalue weighted by molar-refractivity contribution is -0.137. The monoisotopic (exact) mass is 224 g/mol. The maximum atomic E-state index is 13.2. The van der Waals surface area contributed by atoms with E-state index in [1.807, 2.05) is 0 Å². The number of esters is 1. The van der Waals surface area contributed by atoms with Gasteiger partial charge in [0.1, 0.15) is 5.76 Å². The molecule has 86 valence electrons. The van der Waals surface area contributed by atoms with Gasteiger partial charge in [-0.3, -0.25) is 0 Å². The molecule has 1 aromatic carbocycles.